The van der Waals surface area contributed by atoms with E-state index in [-0.39, 0.29) is 0 Å². The summed E-state index contributed by atoms with van der Waals surface area (Å²) < 4.78 is 1.92. The van der Waals surface area contributed by atoms with E-state index in [4.69, 9.17) is 0 Å². The van der Waals surface area contributed by atoms with Crippen LogP contribution in [0, 0.1) is 0 Å². The molecule has 134 valence electrons. The van der Waals surface area contributed by atoms with Gasteiger partial charge in [0.05, 0.1) is 6.04 Å². The van der Waals surface area contributed by atoms with Crippen LogP contribution < -0.4 is 4.90 Å². The van der Waals surface area contributed by atoms with Crippen LogP contribution in [0.4, 0.5) is 5.82 Å². The SMILES string of the molecule is CC(C)c1ccc([C@@H]2CCCCN2c2cc(-n3ccnc3)ncn2)cc1. The predicted octanol–water partition coefficient (Wildman–Crippen LogP) is 4.52. The number of imidazole rings is 1. The highest BCUT2D eigenvalue weighted by molar-refractivity contribution is 5.47. The maximum absolute atomic E-state index is 4.58. The van der Waals surface area contributed by atoms with Crippen LogP contribution in [0.15, 0.2) is 55.4 Å². The van der Waals surface area contributed by atoms with Crippen molar-refractivity contribution in [1.29, 1.82) is 0 Å². The van der Waals surface area contributed by atoms with E-state index in [0.717, 1.165) is 24.6 Å². The number of anilines is 1. The first-order valence-corrected chi connectivity index (χ1v) is 9.39. The number of hydrogen-bond donors (Lipinski definition) is 0. The van der Waals surface area contributed by atoms with Crippen molar-refractivity contribution in [1.82, 2.24) is 19.5 Å². The summed E-state index contributed by atoms with van der Waals surface area (Å²) in [4.78, 5) is 15.5. The fourth-order valence-corrected chi connectivity index (χ4v) is 3.69. The Labute approximate surface area is 154 Å². The molecule has 5 heteroatoms. The summed E-state index contributed by atoms with van der Waals surface area (Å²) in [6, 6.07) is 11.5. The topological polar surface area (TPSA) is 46.8 Å². The zero-order chi connectivity index (χ0) is 17.9. The lowest BCUT2D eigenvalue weighted by Gasteiger charge is -2.37. The monoisotopic (exact) mass is 347 g/mol. The summed E-state index contributed by atoms with van der Waals surface area (Å²) in [5.41, 5.74) is 2.76. The molecule has 3 heterocycles. The quantitative estimate of drug-likeness (QED) is 0.696. The van der Waals surface area contributed by atoms with Gasteiger partial charge in [-0.3, -0.25) is 4.57 Å². The Morgan fingerprint density at radius 1 is 1.04 bits per heavy atom. The summed E-state index contributed by atoms with van der Waals surface area (Å²) in [6.07, 6.45) is 10.7. The normalized spacial score (nSPS) is 17.7. The van der Waals surface area contributed by atoms with Gasteiger partial charge in [0.2, 0.25) is 0 Å². The van der Waals surface area contributed by atoms with Gasteiger partial charge in [0.15, 0.2) is 0 Å². The molecule has 0 unspecified atom stereocenters. The fourth-order valence-electron chi connectivity index (χ4n) is 3.69. The molecular formula is C21H25N5. The second-order valence-corrected chi connectivity index (χ2v) is 7.23. The number of aromatic nitrogens is 4. The van der Waals surface area contributed by atoms with Crippen LogP contribution in [0.1, 0.15) is 56.2 Å². The summed E-state index contributed by atoms with van der Waals surface area (Å²) >= 11 is 0. The van der Waals surface area contributed by atoms with Crippen LogP contribution in [0.3, 0.4) is 0 Å². The molecule has 1 aliphatic heterocycles. The molecule has 0 spiro atoms. The standard InChI is InChI=1S/C21H25N5/c1-16(2)17-6-8-18(9-7-17)19-5-3-4-11-26(19)21-13-20(23-14-24-21)25-12-10-22-15-25/h6-10,12-16,19H,3-5,11H2,1-2H3/t19-/m0/s1. The molecule has 0 saturated carbocycles. The van der Waals surface area contributed by atoms with E-state index in [1.165, 1.54) is 24.0 Å². The van der Waals surface area contributed by atoms with Gasteiger partial charge in [-0.15, -0.1) is 0 Å². The molecule has 2 aromatic heterocycles. The number of rotatable bonds is 4. The molecule has 26 heavy (non-hydrogen) atoms. The zero-order valence-electron chi connectivity index (χ0n) is 15.4. The van der Waals surface area contributed by atoms with E-state index >= 15 is 0 Å². The highest BCUT2D eigenvalue weighted by Gasteiger charge is 2.25. The van der Waals surface area contributed by atoms with Gasteiger partial charge in [-0.25, -0.2) is 15.0 Å². The van der Waals surface area contributed by atoms with Gasteiger partial charge in [-0.05, 0) is 36.3 Å². The number of nitrogens with zero attached hydrogens (tertiary/aromatic N) is 5. The average Bonchev–Trinajstić information content (AvgIpc) is 3.23. The van der Waals surface area contributed by atoms with Crippen LogP contribution in [0.5, 0.6) is 0 Å². The smallest absolute Gasteiger partial charge is 0.143 e. The van der Waals surface area contributed by atoms with Crippen molar-refractivity contribution in [3.63, 3.8) is 0 Å². The highest BCUT2D eigenvalue weighted by Crippen LogP contribution is 2.34. The second-order valence-electron chi connectivity index (χ2n) is 7.23. The summed E-state index contributed by atoms with van der Waals surface area (Å²) in [5, 5.41) is 0. The lowest BCUT2D eigenvalue weighted by Crippen LogP contribution is -2.34. The van der Waals surface area contributed by atoms with Crippen LogP contribution in [-0.2, 0) is 0 Å². The van der Waals surface area contributed by atoms with Gasteiger partial charge < -0.3 is 4.90 Å². The first-order chi connectivity index (χ1) is 12.7. The van der Waals surface area contributed by atoms with Gasteiger partial charge in [0.25, 0.3) is 0 Å². The minimum Gasteiger partial charge on any atom is -0.349 e. The fraction of sp³-hybridized carbons (Fsp3) is 0.381. The Bertz CT molecular complexity index is 839. The molecule has 0 N–H and O–H groups in total. The Balaban J connectivity index is 1.64. The molecule has 0 radical (unpaired) electrons. The van der Waals surface area contributed by atoms with E-state index < -0.39 is 0 Å². The Kier molecular flexibility index (Phi) is 4.69. The van der Waals surface area contributed by atoms with Gasteiger partial charge in [-0.1, -0.05) is 38.1 Å². The van der Waals surface area contributed by atoms with Crippen molar-refractivity contribution in [2.45, 2.75) is 45.1 Å². The van der Waals surface area contributed by atoms with Crippen molar-refractivity contribution < 1.29 is 0 Å². The summed E-state index contributed by atoms with van der Waals surface area (Å²) in [5.74, 6) is 2.40. The molecule has 5 nitrogen and oxygen atoms in total. The van der Waals surface area contributed by atoms with Crippen LogP contribution in [0.25, 0.3) is 5.82 Å². The van der Waals surface area contributed by atoms with E-state index in [2.05, 4.69) is 64.0 Å². The van der Waals surface area contributed by atoms with Crippen LogP contribution in [0.2, 0.25) is 0 Å². The molecule has 1 atom stereocenters. The first kappa shape index (κ1) is 16.8. The number of piperidine rings is 1. The Morgan fingerprint density at radius 2 is 1.85 bits per heavy atom. The first-order valence-electron chi connectivity index (χ1n) is 9.39. The number of hydrogen-bond acceptors (Lipinski definition) is 4. The van der Waals surface area contributed by atoms with Gasteiger partial charge >= 0.3 is 0 Å². The third kappa shape index (κ3) is 3.34. The van der Waals surface area contributed by atoms with E-state index in [9.17, 15) is 0 Å². The maximum Gasteiger partial charge on any atom is 0.143 e. The molecule has 3 aromatic rings. The third-order valence-corrected chi connectivity index (χ3v) is 5.19. The molecule has 0 aliphatic carbocycles. The molecule has 1 fully saturated rings. The molecule has 0 bridgehead atoms. The third-order valence-electron chi connectivity index (χ3n) is 5.19. The molecule has 0 amide bonds. The van der Waals surface area contributed by atoms with Crippen molar-refractivity contribution in [2.75, 3.05) is 11.4 Å². The maximum atomic E-state index is 4.58. The lowest BCUT2D eigenvalue weighted by molar-refractivity contribution is 0.469. The summed E-state index contributed by atoms with van der Waals surface area (Å²) in [7, 11) is 0. The average molecular weight is 347 g/mol. The Morgan fingerprint density at radius 3 is 2.58 bits per heavy atom. The molecule has 1 saturated heterocycles. The largest absolute Gasteiger partial charge is 0.349 e. The summed E-state index contributed by atoms with van der Waals surface area (Å²) in [6.45, 7) is 5.50. The van der Waals surface area contributed by atoms with E-state index in [1.54, 1.807) is 18.9 Å². The van der Waals surface area contributed by atoms with Crippen LogP contribution >= 0.6 is 0 Å². The van der Waals surface area contributed by atoms with E-state index in [1.807, 2.05) is 10.8 Å². The van der Waals surface area contributed by atoms with Gasteiger partial charge in [-0.2, -0.15) is 0 Å². The number of benzene rings is 1. The molecule has 1 aromatic carbocycles. The van der Waals surface area contributed by atoms with Crippen molar-refractivity contribution in [3.05, 3.63) is 66.5 Å². The van der Waals surface area contributed by atoms with Gasteiger partial charge in [0.1, 0.15) is 24.3 Å². The predicted molar refractivity (Wildman–Crippen MR) is 104 cm³/mol. The second kappa shape index (κ2) is 7.28. The van der Waals surface area contributed by atoms with Crippen molar-refractivity contribution in [3.8, 4) is 5.82 Å². The highest BCUT2D eigenvalue weighted by atomic mass is 15.2. The zero-order valence-corrected chi connectivity index (χ0v) is 15.4. The molecule has 1 aliphatic rings. The minimum absolute atomic E-state index is 0.371. The Hall–Kier alpha value is -2.69. The van der Waals surface area contributed by atoms with Crippen molar-refractivity contribution in [2.24, 2.45) is 0 Å². The van der Waals surface area contributed by atoms with Gasteiger partial charge in [0, 0.05) is 25.0 Å². The molecular weight excluding hydrogens is 322 g/mol. The van der Waals surface area contributed by atoms with Crippen LogP contribution in [-0.4, -0.2) is 26.1 Å². The van der Waals surface area contributed by atoms with E-state index in [0.29, 0.717) is 12.0 Å². The lowest BCUT2D eigenvalue weighted by atomic mass is 9.93. The minimum atomic E-state index is 0.371. The molecule has 4 rings (SSSR count). The van der Waals surface area contributed by atoms with Crippen molar-refractivity contribution >= 4 is 5.82 Å².